The number of hydrogen-bond acceptors (Lipinski definition) is 4. The first kappa shape index (κ1) is 25.5. The fourth-order valence-corrected chi connectivity index (χ4v) is 3.96. The lowest BCUT2D eigenvalue weighted by molar-refractivity contribution is -0.274. The number of nitrogens with zero attached hydrogens (tertiary/aromatic N) is 1. The van der Waals surface area contributed by atoms with E-state index in [-0.39, 0.29) is 26.9 Å². The third-order valence-corrected chi connectivity index (χ3v) is 5.88. The van der Waals surface area contributed by atoms with Crippen molar-refractivity contribution in [2.75, 3.05) is 5.32 Å². The number of alkyl halides is 3. The highest BCUT2D eigenvalue weighted by Crippen LogP contribution is 2.50. The molecule has 34 heavy (non-hydrogen) atoms. The summed E-state index contributed by atoms with van der Waals surface area (Å²) in [5.74, 6) is -3.31. The summed E-state index contributed by atoms with van der Waals surface area (Å²) in [6.45, 7) is 1.16. The Morgan fingerprint density at radius 1 is 1.00 bits per heavy atom. The molecule has 1 aromatic heterocycles. The van der Waals surface area contributed by atoms with E-state index in [9.17, 15) is 27.9 Å². The Morgan fingerprint density at radius 2 is 1.62 bits per heavy atom. The highest BCUT2D eigenvalue weighted by atomic mass is 35.5. The second kappa shape index (κ2) is 9.61. The van der Waals surface area contributed by atoms with Gasteiger partial charge in [0.2, 0.25) is 0 Å². The van der Waals surface area contributed by atoms with E-state index in [1.807, 2.05) is 0 Å². The summed E-state index contributed by atoms with van der Waals surface area (Å²) >= 11 is 12.0. The van der Waals surface area contributed by atoms with Crippen LogP contribution in [0.1, 0.15) is 44.7 Å². The number of carbonyl (C=O) groups is 2. The summed E-state index contributed by atoms with van der Waals surface area (Å²) in [4.78, 5) is 27.1. The molecular weight excluding hydrogens is 496 g/mol. The van der Waals surface area contributed by atoms with Gasteiger partial charge in [-0.2, -0.15) is 13.2 Å². The van der Waals surface area contributed by atoms with E-state index in [2.05, 4.69) is 10.3 Å². The van der Waals surface area contributed by atoms with Crippen LogP contribution in [0.25, 0.3) is 0 Å². The van der Waals surface area contributed by atoms with Gasteiger partial charge < -0.3 is 15.5 Å². The van der Waals surface area contributed by atoms with Crippen molar-refractivity contribution < 1.29 is 33.0 Å². The van der Waals surface area contributed by atoms with Gasteiger partial charge in [-0.3, -0.25) is 4.79 Å². The first-order valence-corrected chi connectivity index (χ1v) is 10.5. The number of carboxylic acid groups (broad SMARTS) is 1. The zero-order chi connectivity index (χ0) is 25.3. The molecule has 11 heteroatoms. The van der Waals surface area contributed by atoms with Gasteiger partial charge in [0.05, 0.1) is 5.56 Å². The summed E-state index contributed by atoms with van der Waals surface area (Å²) in [6.07, 6.45) is -4.03. The smallest absolute Gasteiger partial charge is 0.422 e. The number of hydrogen-bond donors (Lipinski definition) is 3. The molecular formula is C23H17Cl2F3N2O4. The Hall–Kier alpha value is -3.14. The number of aliphatic hydroxyl groups is 1. The molecule has 3 N–H and O–H groups in total. The number of pyridine rings is 1. The van der Waals surface area contributed by atoms with E-state index in [1.165, 1.54) is 42.5 Å². The zero-order valence-corrected chi connectivity index (χ0v) is 18.9. The van der Waals surface area contributed by atoms with Gasteiger partial charge in [0.1, 0.15) is 5.15 Å². The number of halogens is 5. The third kappa shape index (κ3) is 5.01. The van der Waals surface area contributed by atoms with E-state index in [0.29, 0.717) is 5.69 Å². The van der Waals surface area contributed by atoms with Gasteiger partial charge in [0.15, 0.2) is 5.60 Å². The van der Waals surface area contributed by atoms with Crippen molar-refractivity contribution in [3.8, 4) is 0 Å². The molecule has 6 nitrogen and oxygen atoms in total. The number of carbonyl (C=O) groups excluding carboxylic acids is 1. The Morgan fingerprint density at radius 3 is 2.15 bits per heavy atom. The predicted octanol–water partition coefficient (Wildman–Crippen LogP) is 5.89. The normalized spacial score (nSPS) is 14.2. The molecule has 0 saturated heterocycles. The van der Waals surface area contributed by atoms with E-state index < -0.39 is 35.1 Å². The maximum absolute atomic E-state index is 14.1. The molecule has 0 aliphatic heterocycles. The van der Waals surface area contributed by atoms with Gasteiger partial charge in [0, 0.05) is 28.4 Å². The number of aromatic nitrogens is 1. The fourth-order valence-electron chi connectivity index (χ4n) is 3.44. The number of carboxylic acids is 1. The molecule has 0 aliphatic rings. The van der Waals surface area contributed by atoms with Crippen molar-refractivity contribution in [2.45, 2.75) is 24.6 Å². The quantitative estimate of drug-likeness (QED) is 0.357. The molecule has 3 rings (SSSR count). The zero-order valence-electron chi connectivity index (χ0n) is 17.4. The molecule has 0 bridgehead atoms. The van der Waals surface area contributed by atoms with Crippen LogP contribution in [0.15, 0.2) is 60.8 Å². The Kier molecular flexibility index (Phi) is 7.21. The van der Waals surface area contributed by atoms with Crippen LogP contribution in [0.5, 0.6) is 0 Å². The van der Waals surface area contributed by atoms with Crippen LogP contribution in [0, 0.1) is 0 Å². The average molecular weight is 513 g/mol. The molecule has 0 radical (unpaired) electrons. The molecule has 3 aromatic rings. The number of amides is 1. The molecule has 1 amide bonds. The topological polar surface area (TPSA) is 99.5 Å². The van der Waals surface area contributed by atoms with Crippen LogP contribution < -0.4 is 5.32 Å². The van der Waals surface area contributed by atoms with Gasteiger partial charge in [-0.15, -0.1) is 0 Å². The van der Waals surface area contributed by atoms with Crippen molar-refractivity contribution in [2.24, 2.45) is 0 Å². The molecule has 1 heterocycles. The number of anilines is 1. The number of rotatable bonds is 6. The van der Waals surface area contributed by atoms with E-state index >= 15 is 0 Å². The van der Waals surface area contributed by atoms with Gasteiger partial charge in [-0.1, -0.05) is 36.2 Å². The second-order valence-corrected chi connectivity index (χ2v) is 8.22. The summed E-state index contributed by atoms with van der Waals surface area (Å²) in [5, 5.41) is 21.9. The summed E-state index contributed by atoms with van der Waals surface area (Å²) in [5.41, 5.74) is -3.49. The van der Waals surface area contributed by atoms with Crippen molar-refractivity contribution in [1.29, 1.82) is 0 Å². The SMILES string of the molecule is C[C@H](c1ccc(C(=O)Nc2ccc(C(=O)O)cc2)cc1Cl)[C@@](O)(c1ccnc(Cl)c1)C(F)(F)F. The van der Waals surface area contributed by atoms with Gasteiger partial charge in [-0.05, 0) is 59.7 Å². The Labute approximate surface area is 202 Å². The number of nitrogens with one attached hydrogen (secondary N) is 1. The van der Waals surface area contributed by atoms with Crippen LogP contribution in [-0.2, 0) is 5.60 Å². The minimum atomic E-state index is -5.08. The van der Waals surface area contributed by atoms with E-state index in [4.69, 9.17) is 28.3 Å². The van der Waals surface area contributed by atoms with Crippen molar-refractivity contribution >= 4 is 40.8 Å². The first-order valence-electron chi connectivity index (χ1n) is 9.70. The van der Waals surface area contributed by atoms with Crippen molar-refractivity contribution in [3.05, 3.63) is 93.2 Å². The van der Waals surface area contributed by atoms with Crippen molar-refractivity contribution in [1.82, 2.24) is 4.98 Å². The largest absolute Gasteiger partial charge is 0.478 e. The molecule has 0 spiro atoms. The highest BCUT2D eigenvalue weighted by Gasteiger charge is 2.59. The maximum atomic E-state index is 14.1. The van der Waals surface area contributed by atoms with Crippen molar-refractivity contribution in [3.63, 3.8) is 0 Å². The average Bonchev–Trinajstić information content (AvgIpc) is 2.77. The lowest BCUT2D eigenvalue weighted by atomic mass is 9.78. The van der Waals surface area contributed by atoms with Gasteiger partial charge >= 0.3 is 12.1 Å². The lowest BCUT2D eigenvalue weighted by Gasteiger charge is -2.37. The molecule has 0 saturated carbocycles. The minimum absolute atomic E-state index is 0.0343. The second-order valence-electron chi connectivity index (χ2n) is 7.43. The molecule has 2 atom stereocenters. The van der Waals surface area contributed by atoms with Crippen LogP contribution in [-0.4, -0.2) is 33.2 Å². The molecule has 0 fully saturated rings. The van der Waals surface area contributed by atoms with Crippen LogP contribution in [0.4, 0.5) is 18.9 Å². The highest BCUT2D eigenvalue weighted by molar-refractivity contribution is 6.32. The fraction of sp³-hybridized carbons (Fsp3) is 0.174. The summed E-state index contributed by atoms with van der Waals surface area (Å²) < 4.78 is 42.2. The van der Waals surface area contributed by atoms with E-state index in [0.717, 1.165) is 25.3 Å². The summed E-state index contributed by atoms with van der Waals surface area (Å²) in [6, 6.07) is 11.0. The Bertz CT molecular complexity index is 1240. The maximum Gasteiger partial charge on any atom is 0.422 e. The molecule has 2 aromatic carbocycles. The molecule has 178 valence electrons. The monoisotopic (exact) mass is 512 g/mol. The molecule has 0 unspecified atom stereocenters. The summed E-state index contributed by atoms with van der Waals surface area (Å²) in [7, 11) is 0. The molecule has 0 aliphatic carbocycles. The Balaban J connectivity index is 1.90. The predicted molar refractivity (Wildman–Crippen MR) is 120 cm³/mol. The number of aromatic carboxylic acids is 1. The van der Waals surface area contributed by atoms with Gasteiger partial charge in [-0.25, -0.2) is 9.78 Å². The standard InChI is InChI=1S/C23H17Cl2F3N2O4/c1-12(22(34,23(26,27)28)15-8-9-29-19(25)11-15)17-7-4-14(10-18(17)24)20(31)30-16-5-2-13(3-6-16)21(32)33/h2-12,34H,1H3,(H,30,31)(H,32,33)/t12-,22-/m1/s1. The van der Waals surface area contributed by atoms with Crippen LogP contribution in [0.3, 0.4) is 0 Å². The third-order valence-electron chi connectivity index (χ3n) is 5.34. The van der Waals surface area contributed by atoms with Crippen LogP contribution in [0.2, 0.25) is 10.2 Å². The minimum Gasteiger partial charge on any atom is -0.478 e. The van der Waals surface area contributed by atoms with Crippen LogP contribution >= 0.6 is 23.2 Å². The van der Waals surface area contributed by atoms with E-state index in [1.54, 1.807) is 0 Å². The first-order chi connectivity index (χ1) is 15.8. The number of benzene rings is 2. The van der Waals surface area contributed by atoms with Gasteiger partial charge in [0.25, 0.3) is 5.91 Å². The lowest BCUT2D eigenvalue weighted by Crippen LogP contribution is -2.46.